The van der Waals surface area contributed by atoms with Crippen molar-refractivity contribution in [3.05, 3.63) is 28.3 Å². The summed E-state index contributed by atoms with van der Waals surface area (Å²) in [5, 5.41) is 13.1. The molecule has 3 N–H and O–H groups in total. The monoisotopic (exact) mass is 281 g/mol. The number of nitrogens with two attached hydrogens (primary N) is 1. The molecule has 0 amide bonds. The molecule has 100 valence electrons. The van der Waals surface area contributed by atoms with Crippen molar-refractivity contribution in [2.24, 2.45) is 0 Å². The summed E-state index contributed by atoms with van der Waals surface area (Å²) in [6, 6.07) is 3.75. The lowest BCUT2D eigenvalue weighted by Crippen LogP contribution is -2.10. The number of alkyl halides is 3. The molecule has 0 saturated carbocycles. The number of nitro groups is 1. The Bertz CT molecular complexity index is 440. The van der Waals surface area contributed by atoms with Gasteiger partial charge in [-0.15, -0.1) is 0 Å². The Hall–Kier alpha value is -1.64. The minimum absolute atomic E-state index is 0.0617. The number of hydrogen-bond acceptors (Lipinski definition) is 5. The average molecular weight is 281 g/mol. The van der Waals surface area contributed by atoms with E-state index in [1.807, 2.05) is 0 Å². The van der Waals surface area contributed by atoms with E-state index in [1.165, 1.54) is 12.1 Å². The summed E-state index contributed by atoms with van der Waals surface area (Å²) in [7, 11) is 0. The molecule has 0 aliphatic heterocycles. The van der Waals surface area contributed by atoms with Crippen LogP contribution in [-0.4, -0.2) is 22.7 Å². The van der Waals surface area contributed by atoms with Gasteiger partial charge in [0.15, 0.2) is 0 Å². The molecule has 0 spiro atoms. The number of nitro benzene ring substituents is 1. The SMILES string of the molecule is Nc1cc([N+](=O)[O-])ccc1NCCSC(F)(F)F. The maximum Gasteiger partial charge on any atom is 0.441 e. The highest BCUT2D eigenvalue weighted by atomic mass is 32.2. The molecular weight excluding hydrogens is 271 g/mol. The van der Waals surface area contributed by atoms with E-state index in [9.17, 15) is 23.3 Å². The van der Waals surface area contributed by atoms with Gasteiger partial charge in [-0.25, -0.2) is 0 Å². The van der Waals surface area contributed by atoms with E-state index >= 15 is 0 Å². The fraction of sp³-hybridized carbons (Fsp3) is 0.333. The molecule has 1 rings (SSSR count). The van der Waals surface area contributed by atoms with E-state index in [0.717, 1.165) is 6.07 Å². The first-order chi connectivity index (χ1) is 8.29. The Kier molecular flexibility index (Phi) is 4.65. The Morgan fingerprint density at radius 2 is 2.11 bits per heavy atom. The summed E-state index contributed by atoms with van der Waals surface area (Å²) in [6.07, 6.45) is 0. The van der Waals surface area contributed by atoms with E-state index in [4.69, 9.17) is 5.73 Å². The van der Waals surface area contributed by atoms with Gasteiger partial charge >= 0.3 is 5.51 Å². The lowest BCUT2D eigenvalue weighted by atomic mass is 10.2. The molecule has 18 heavy (non-hydrogen) atoms. The zero-order chi connectivity index (χ0) is 13.8. The van der Waals surface area contributed by atoms with E-state index in [-0.39, 0.29) is 35.4 Å². The normalized spacial score (nSPS) is 11.3. The van der Waals surface area contributed by atoms with Crippen LogP contribution < -0.4 is 11.1 Å². The number of non-ortho nitro benzene ring substituents is 1. The van der Waals surface area contributed by atoms with Crippen molar-refractivity contribution in [1.82, 2.24) is 0 Å². The Morgan fingerprint density at radius 1 is 1.44 bits per heavy atom. The van der Waals surface area contributed by atoms with Crippen LogP contribution in [0, 0.1) is 10.1 Å². The largest absolute Gasteiger partial charge is 0.441 e. The molecule has 0 radical (unpaired) electrons. The molecule has 0 bridgehead atoms. The van der Waals surface area contributed by atoms with Crippen LogP contribution >= 0.6 is 11.8 Å². The van der Waals surface area contributed by atoms with Gasteiger partial charge in [-0.05, 0) is 17.8 Å². The first-order valence-electron chi connectivity index (χ1n) is 4.78. The molecule has 5 nitrogen and oxygen atoms in total. The van der Waals surface area contributed by atoms with Crippen LogP contribution in [0.2, 0.25) is 0 Å². The molecule has 0 unspecified atom stereocenters. The van der Waals surface area contributed by atoms with Crippen LogP contribution in [0.25, 0.3) is 0 Å². The number of nitrogens with zero attached hydrogens (tertiary/aromatic N) is 1. The Balaban J connectivity index is 2.51. The zero-order valence-corrected chi connectivity index (χ0v) is 9.85. The summed E-state index contributed by atoms with van der Waals surface area (Å²) in [5.74, 6) is -0.167. The van der Waals surface area contributed by atoms with Crippen LogP contribution in [-0.2, 0) is 0 Å². The van der Waals surface area contributed by atoms with Gasteiger partial charge in [0.05, 0.1) is 16.3 Å². The van der Waals surface area contributed by atoms with Crippen molar-refractivity contribution in [1.29, 1.82) is 0 Å². The highest BCUT2D eigenvalue weighted by Crippen LogP contribution is 2.30. The second-order valence-corrected chi connectivity index (χ2v) is 4.41. The lowest BCUT2D eigenvalue weighted by Gasteiger charge is -2.09. The van der Waals surface area contributed by atoms with Crippen molar-refractivity contribution in [2.45, 2.75) is 5.51 Å². The van der Waals surface area contributed by atoms with Crippen molar-refractivity contribution in [3.63, 3.8) is 0 Å². The summed E-state index contributed by atoms with van der Waals surface area (Å²) in [4.78, 5) is 9.84. The lowest BCUT2D eigenvalue weighted by molar-refractivity contribution is -0.384. The van der Waals surface area contributed by atoms with Crippen molar-refractivity contribution >= 4 is 28.8 Å². The van der Waals surface area contributed by atoms with Gasteiger partial charge in [-0.2, -0.15) is 13.2 Å². The van der Waals surface area contributed by atoms with E-state index in [0.29, 0.717) is 5.69 Å². The third kappa shape index (κ3) is 4.70. The van der Waals surface area contributed by atoms with Crippen LogP contribution in [0.1, 0.15) is 0 Å². The number of anilines is 2. The second-order valence-electron chi connectivity index (χ2n) is 3.25. The van der Waals surface area contributed by atoms with Crippen LogP contribution in [0.15, 0.2) is 18.2 Å². The van der Waals surface area contributed by atoms with Gasteiger partial charge < -0.3 is 11.1 Å². The van der Waals surface area contributed by atoms with Gasteiger partial charge in [0.25, 0.3) is 5.69 Å². The Labute approximate surface area is 105 Å². The zero-order valence-electron chi connectivity index (χ0n) is 9.03. The summed E-state index contributed by atoms with van der Waals surface area (Å²) < 4.78 is 35.5. The number of rotatable bonds is 5. The van der Waals surface area contributed by atoms with Gasteiger partial charge in [0, 0.05) is 24.4 Å². The van der Waals surface area contributed by atoms with Crippen LogP contribution in [0.3, 0.4) is 0 Å². The molecule has 0 aromatic heterocycles. The molecule has 0 saturated heterocycles. The minimum atomic E-state index is -4.26. The fourth-order valence-corrected chi connectivity index (χ4v) is 1.61. The van der Waals surface area contributed by atoms with Gasteiger partial charge in [0.2, 0.25) is 0 Å². The molecular formula is C9H10F3N3O2S. The van der Waals surface area contributed by atoms with Gasteiger partial charge in [-0.1, -0.05) is 0 Å². The van der Waals surface area contributed by atoms with Gasteiger partial charge in [0.1, 0.15) is 0 Å². The Morgan fingerprint density at radius 3 is 2.61 bits per heavy atom. The molecule has 1 aromatic carbocycles. The number of nitrogen functional groups attached to an aromatic ring is 1. The number of thioether (sulfide) groups is 1. The second kappa shape index (κ2) is 5.80. The van der Waals surface area contributed by atoms with Crippen molar-refractivity contribution in [3.8, 4) is 0 Å². The fourth-order valence-electron chi connectivity index (χ4n) is 1.18. The molecule has 0 fully saturated rings. The molecule has 0 heterocycles. The third-order valence-corrected chi connectivity index (χ3v) is 2.66. The topological polar surface area (TPSA) is 81.2 Å². The van der Waals surface area contributed by atoms with E-state index < -0.39 is 10.4 Å². The van der Waals surface area contributed by atoms with E-state index in [2.05, 4.69) is 5.32 Å². The third-order valence-electron chi connectivity index (χ3n) is 1.93. The molecule has 0 atom stereocenters. The summed E-state index contributed by atoms with van der Waals surface area (Å²) in [5.41, 5.74) is 1.61. The molecule has 1 aromatic rings. The first kappa shape index (κ1) is 14.4. The number of hydrogen-bond donors (Lipinski definition) is 2. The maximum absolute atomic E-state index is 11.8. The number of halogens is 3. The quantitative estimate of drug-likeness (QED) is 0.375. The highest BCUT2D eigenvalue weighted by Gasteiger charge is 2.27. The van der Waals surface area contributed by atoms with Crippen LogP contribution in [0.5, 0.6) is 0 Å². The minimum Gasteiger partial charge on any atom is -0.397 e. The summed E-state index contributed by atoms with van der Waals surface area (Å²) in [6.45, 7) is 0.0617. The predicted molar refractivity (Wildman–Crippen MR) is 64.5 cm³/mol. The van der Waals surface area contributed by atoms with Crippen molar-refractivity contribution < 1.29 is 18.1 Å². The van der Waals surface area contributed by atoms with E-state index in [1.54, 1.807) is 0 Å². The smallest absolute Gasteiger partial charge is 0.397 e. The number of nitrogens with one attached hydrogen (secondary N) is 1. The maximum atomic E-state index is 11.8. The first-order valence-corrected chi connectivity index (χ1v) is 5.76. The molecule has 0 aliphatic carbocycles. The van der Waals surface area contributed by atoms with Crippen molar-refractivity contribution in [2.75, 3.05) is 23.3 Å². The van der Waals surface area contributed by atoms with Crippen LogP contribution in [0.4, 0.5) is 30.2 Å². The molecule has 9 heteroatoms. The average Bonchev–Trinajstić information content (AvgIpc) is 2.24. The van der Waals surface area contributed by atoms with Gasteiger partial charge in [-0.3, -0.25) is 10.1 Å². The highest BCUT2D eigenvalue weighted by molar-refractivity contribution is 8.00. The molecule has 0 aliphatic rings. The standard InChI is InChI=1S/C9H10F3N3O2S/c10-9(11,12)18-4-3-14-8-2-1-6(15(16)17)5-7(8)13/h1-2,5,14H,3-4,13H2. The number of benzene rings is 1. The predicted octanol–water partition coefficient (Wildman–Crippen LogP) is 2.84. The summed E-state index contributed by atoms with van der Waals surface area (Å²) >= 11 is -0.145.